The van der Waals surface area contributed by atoms with Crippen molar-refractivity contribution >= 4 is 5.91 Å². The number of hydrogen-bond acceptors (Lipinski definition) is 2. The summed E-state index contributed by atoms with van der Waals surface area (Å²) in [6.45, 7) is 2.40. The summed E-state index contributed by atoms with van der Waals surface area (Å²) in [5, 5.41) is 0. The van der Waals surface area contributed by atoms with Crippen LogP contribution in [0.3, 0.4) is 0 Å². The van der Waals surface area contributed by atoms with Crippen molar-refractivity contribution in [1.29, 1.82) is 0 Å². The third kappa shape index (κ3) is 4.37. The second-order valence-electron chi connectivity index (χ2n) is 5.84. The third-order valence-electron chi connectivity index (χ3n) is 3.94. The largest absolute Gasteiger partial charge is 0.268 e. The molecule has 0 bridgehead atoms. The van der Waals surface area contributed by atoms with Crippen LogP contribution in [-0.2, 0) is 6.54 Å². The van der Waals surface area contributed by atoms with Crippen molar-refractivity contribution in [1.82, 2.24) is 9.88 Å². The van der Waals surface area contributed by atoms with Crippen molar-refractivity contribution in [2.75, 3.05) is 0 Å². The Morgan fingerprint density at radius 2 is 1.69 bits per heavy atom. The fraction of sp³-hybridized carbons (Fsp3) is 0.130. The lowest BCUT2D eigenvalue weighted by Crippen LogP contribution is -2.26. The number of rotatable bonds is 4. The van der Waals surface area contributed by atoms with Gasteiger partial charge in [0, 0.05) is 30.4 Å². The lowest BCUT2D eigenvalue weighted by atomic mass is 10.0. The summed E-state index contributed by atoms with van der Waals surface area (Å²) in [5.41, 5.74) is 3.73. The van der Waals surface area contributed by atoms with E-state index in [-0.39, 0.29) is 5.91 Å². The number of hydrogen-bond donors (Lipinski definition) is 0. The first-order valence-electron chi connectivity index (χ1n) is 8.62. The lowest BCUT2D eigenvalue weighted by Gasteiger charge is -2.16. The van der Waals surface area contributed by atoms with Gasteiger partial charge in [-0.2, -0.15) is 0 Å². The molecule has 0 radical (unpaired) electrons. The van der Waals surface area contributed by atoms with E-state index in [4.69, 9.17) is 0 Å². The van der Waals surface area contributed by atoms with Crippen molar-refractivity contribution in [3.8, 4) is 23.1 Å². The van der Waals surface area contributed by atoms with Crippen LogP contribution in [0.5, 0.6) is 0 Å². The molecule has 0 N–H and O–H groups in total. The van der Waals surface area contributed by atoms with Crippen LogP contribution >= 0.6 is 0 Å². The molecule has 0 fully saturated rings. The van der Waals surface area contributed by atoms with Crippen LogP contribution < -0.4 is 0 Å². The minimum absolute atomic E-state index is 0.0967. The van der Waals surface area contributed by atoms with Gasteiger partial charge in [0.05, 0.1) is 6.54 Å². The summed E-state index contributed by atoms with van der Waals surface area (Å²) in [6.07, 6.45) is 4.15. The molecule has 0 aliphatic heterocycles. The molecule has 1 aromatic heterocycles. The first-order valence-corrected chi connectivity index (χ1v) is 8.62. The van der Waals surface area contributed by atoms with E-state index in [9.17, 15) is 4.79 Å². The van der Waals surface area contributed by atoms with Crippen LogP contribution in [-0.4, -0.2) is 15.8 Å². The van der Waals surface area contributed by atoms with Gasteiger partial charge in [0.15, 0.2) is 0 Å². The molecule has 3 nitrogen and oxygen atoms in total. The Labute approximate surface area is 154 Å². The van der Waals surface area contributed by atoms with Crippen LogP contribution in [0, 0.1) is 12.0 Å². The molecule has 2 aromatic carbocycles. The molecular formula is C23H20N2O. The van der Waals surface area contributed by atoms with E-state index in [0.717, 1.165) is 16.7 Å². The van der Waals surface area contributed by atoms with Crippen LogP contribution in [0.1, 0.15) is 29.3 Å². The number of benzene rings is 2. The standard InChI is InChI=1S/C23H20N2O/c1-2-3-16-25(18-19-12-14-24-15-13-19)23(26)22-11-7-10-21(17-22)20-8-5-4-6-9-20/h4-15,17H,2,18H2,1H3. The zero-order chi connectivity index (χ0) is 18.2. The highest BCUT2D eigenvalue weighted by Gasteiger charge is 2.15. The van der Waals surface area contributed by atoms with Gasteiger partial charge in [-0.15, -0.1) is 0 Å². The smallest absolute Gasteiger partial charge is 0.265 e. The first-order chi connectivity index (χ1) is 12.8. The molecule has 0 atom stereocenters. The number of aromatic nitrogens is 1. The Morgan fingerprint density at radius 1 is 0.962 bits per heavy atom. The highest BCUT2D eigenvalue weighted by molar-refractivity contribution is 5.96. The number of nitrogens with zero attached hydrogens (tertiary/aromatic N) is 2. The Balaban J connectivity index is 1.89. The minimum Gasteiger partial charge on any atom is -0.268 e. The molecule has 0 unspecified atom stereocenters. The monoisotopic (exact) mass is 340 g/mol. The van der Waals surface area contributed by atoms with Gasteiger partial charge in [-0.05, 0) is 41.0 Å². The van der Waals surface area contributed by atoms with Gasteiger partial charge in [0.1, 0.15) is 0 Å². The van der Waals surface area contributed by atoms with E-state index in [2.05, 4.69) is 16.9 Å². The van der Waals surface area contributed by atoms with E-state index in [1.54, 1.807) is 17.3 Å². The van der Waals surface area contributed by atoms with Crippen LogP contribution in [0.15, 0.2) is 79.1 Å². The molecule has 3 rings (SSSR count). The topological polar surface area (TPSA) is 33.2 Å². The zero-order valence-corrected chi connectivity index (χ0v) is 14.7. The molecule has 0 saturated carbocycles. The summed E-state index contributed by atoms with van der Waals surface area (Å²) < 4.78 is 0. The number of carbonyl (C=O) groups excluding carboxylic acids is 1. The average molecular weight is 340 g/mol. The summed E-state index contributed by atoms with van der Waals surface area (Å²) in [6, 6.07) is 24.5. The molecule has 3 heteroatoms. The van der Waals surface area contributed by atoms with Gasteiger partial charge >= 0.3 is 0 Å². The maximum absolute atomic E-state index is 13.0. The predicted octanol–water partition coefficient (Wildman–Crippen LogP) is 4.76. The van der Waals surface area contributed by atoms with E-state index in [1.807, 2.05) is 73.7 Å². The predicted molar refractivity (Wildman–Crippen MR) is 104 cm³/mol. The lowest BCUT2D eigenvalue weighted by molar-refractivity contribution is 0.0826. The summed E-state index contributed by atoms with van der Waals surface area (Å²) >= 11 is 0. The highest BCUT2D eigenvalue weighted by Crippen LogP contribution is 2.21. The molecule has 0 aliphatic carbocycles. The molecular weight excluding hydrogens is 320 g/mol. The normalized spacial score (nSPS) is 9.88. The zero-order valence-electron chi connectivity index (χ0n) is 14.7. The molecule has 1 heterocycles. The van der Waals surface area contributed by atoms with E-state index >= 15 is 0 Å². The van der Waals surface area contributed by atoms with Crippen molar-refractivity contribution in [2.24, 2.45) is 0 Å². The molecule has 0 spiro atoms. The Kier molecular flexibility index (Phi) is 5.80. The van der Waals surface area contributed by atoms with E-state index < -0.39 is 0 Å². The summed E-state index contributed by atoms with van der Waals surface area (Å²) in [4.78, 5) is 18.6. The SMILES string of the molecule is CCC#CN(Cc1ccncc1)C(=O)c1cccc(-c2ccccc2)c1. The Bertz CT molecular complexity index is 924. The molecule has 0 aliphatic rings. The van der Waals surface area contributed by atoms with Crippen LogP contribution in [0.2, 0.25) is 0 Å². The molecule has 0 saturated heterocycles. The third-order valence-corrected chi connectivity index (χ3v) is 3.94. The number of carbonyl (C=O) groups is 1. The maximum Gasteiger partial charge on any atom is 0.265 e. The summed E-state index contributed by atoms with van der Waals surface area (Å²) in [5.74, 6) is 2.91. The van der Waals surface area contributed by atoms with E-state index in [1.165, 1.54) is 0 Å². The van der Waals surface area contributed by atoms with Gasteiger partial charge in [0.25, 0.3) is 5.91 Å². The van der Waals surface area contributed by atoms with Gasteiger partial charge in [-0.3, -0.25) is 14.7 Å². The van der Waals surface area contributed by atoms with Crippen LogP contribution in [0.25, 0.3) is 11.1 Å². The maximum atomic E-state index is 13.0. The highest BCUT2D eigenvalue weighted by atomic mass is 16.2. The molecule has 26 heavy (non-hydrogen) atoms. The van der Waals surface area contributed by atoms with E-state index in [0.29, 0.717) is 18.5 Å². The number of pyridine rings is 1. The molecule has 3 aromatic rings. The first kappa shape index (κ1) is 17.4. The summed E-state index contributed by atoms with van der Waals surface area (Å²) in [7, 11) is 0. The molecule has 128 valence electrons. The fourth-order valence-corrected chi connectivity index (χ4v) is 2.63. The Morgan fingerprint density at radius 3 is 2.42 bits per heavy atom. The fourth-order valence-electron chi connectivity index (χ4n) is 2.63. The van der Waals surface area contributed by atoms with Gasteiger partial charge < -0.3 is 0 Å². The number of amides is 1. The van der Waals surface area contributed by atoms with Crippen LogP contribution in [0.4, 0.5) is 0 Å². The van der Waals surface area contributed by atoms with Crippen molar-refractivity contribution in [2.45, 2.75) is 19.9 Å². The van der Waals surface area contributed by atoms with Gasteiger partial charge in [-0.1, -0.05) is 55.3 Å². The van der Waals surface area contributed by atoms with Crippen molar-refractivity contribution in [3.05, 3.63) is 90.3 Å². The average Bonchev–Trinajstić information content (AvgIpc) is 2.72. The second-order valence-corrected chi connectivity index (χ2v) is 5.84. The van der Waals surface area contributed by atoms with Gasteiger partial charge in [-0.25, -0.2) is 0 Å². The molecule has 1 amide bonds. The van der Waals surface area contributed by atoms with Crippen molar-refractivity contribution < 1.29 is 4.79 Å². The second kappa shape index (κ2) is 8.64. The quantitative estimate of drug-likeness (QED) is 0.507. The van der Waals surface area contributed by atoms with Crippen molar-refractivity contribution in [3.63, 3.8) is 0 Å². The Hall–Kier alpha value is -3.38. The van der Waals surface area contributed by atoms with Gasteiger partial charge in [0.2, 0.25) is 0 Å². The minimum atomic E-state index is -0.0967.